The lowest BCUT2D eigenvalue weighted by atomic mass is 10.1. The number of methoxy groups -OCH3 is 1. The van der Waals surface area contributed by atoms with E-state index in [1.54, 1.807) is 19.2 Å². The molecular formula is C11H12N2O2. The molecule has 0 atom stereocenters. The number of hydrogen-bond acceptors (Lipinski definition) is 3. The molecule has 0 saturated carbocycles. The van der Waals surface area contributed by atoms with Crippen LogP contribution in [0.15, 0.2) is 29.1 Å². The molecule has 4 nitrogen and oxygen atoms in total. The van der Waals surface area contributed by atoms with Crippen molar-refractivity contribution in [2.45, 2.75) is 6.54 Å². The van der Waals surface area contributed by atoms with E-state index in [1.807, 2.05) is 12.1 Å². The van der Waals surface area contributed by atoms with E-state index in [4.69, 9.17) is 10.5 Å². The van der Waals surface area contributed by atoms with Crippen molar-refractivity contribution in [1.29, 1.82) is 0 Å². The number of pyridine rings is 1. The van der Waals surface area contributed by atoms with Gasteiger partial charge in [0.1, 0.15) is 5.75 Å². The maximum absolute atomic E-state index is 11.5. The van der Waals surface area contributed by atoms with Crippen molar-refractivity contribution in [2.75, 3.05) is 7.11 Å². The molecule has 2 aromatic rings. The molecule has 2 rings (SSSR count). The first-order valence-electron chi connectivity index (χ1n) is 4.65. The maximum atomic E-state index is 11.5. The summed E-state index contributed by atoms with van der Waals surface area (Å²) in [5, 5.41) is 0.925. The van der Waals surface area contributed by atoms with Gasteiger partial charge in [-0.25, -0.2) is 0 Å². The lowest BCUT2D eigenvalue weighted by Gasteiger charge is -2.05. The first-order valence-corrected chi connectivity index (χ1v) is 4.65. The Labute approximate surface area is 86.7 Å². The standard InChI is InChI=1S/C11H12N2O2/c1-15-9-4-2-3-7-5-8(6-12)11(14)13-10(7)9/h2-5H,6,12H2,1H3,(H,13,14). The molecule has 0 aliphatic carbocycles. The second-order valence-electron chi connectivity index (χ2n) is 3.25. The monoisotopic (exact) mass is 204 g/mol. The molecule has 0 radical (unpaired) electrons. The van der Waals surface area contributed by atoms with Crippen LogP contribution in [-0.2, 0) is 6.54 Å². The molecule has 0 unspecified atom stereocenters. The van der Waals surface area contributed by atoms with Gasteiger partial charge in [-0.05, 0) is 12.1 Å². The Balaban J connectivity index is 2.80. The van der Waals surface area contributed by atoms with Crippen LogP contribution in [0.4, 0.5) is 0 Å². The first-order chi connectivity index (χ1) is 7.26. The van der Waals surface area contributed by atoms with Crippen LogP contribution in [0.1, 0.15) is 5.56 Å². The van der Waals surface area contributed by atoms with Crippen LogP contribution in [0, 0.1) is 0 Å². The van der Waals surface area contributed by atoms with Crippen LogP contribution in [0.25, 0.3) is 10.9 Å². The van der Waals surface area contributed by atoms with Crippen molar-refractivity contribution >= 4 is 10.9 Å². The van der Waals surface area contributed by atoms with Gasteiger partial charge in [-0.1, -0.05) is 12.1 Å². The van der Waals surface area contributed by atoms with Crippen LogP contribution < -0.4 is 16.0 Å². The summed E-state index contributed by atoms with van der Waals surface area (Å²) in [6.07, 6.45) is 0. The fraction of sp³-hybridized carbons (Fsp3) is 0.182. The number of rotatable bonds is 2. The summed E-state index contributed by atoms with van der Waals surface area (Å²) in [4.78, 5) is 14.3. The number of ether oxygens (including phenoxy) is 1. The van der Waals surface area contributed by atoms with E-state index in [2.05, 4.69) is 4.98 Å². The van der Waals surface area contributed by atoms with Gasteiger partial charge in [-0.2, -0.15) is 0 Å². The SMILES string of the molecule is COc1cccc2cc(CN)c(=O)[nH]c12. The van der Waals surface area contributed by atoms with Crippen LogP contribution in [-0.4, -0.2) is 12.1 Å². The van der Waals surface area contributed by atoms with Gasteiger partial charge < -0.3 is 15.5 Å². The lowest BCUT2D eigenvalue weighted by molar-refractivity contribution is 0.419. The van der Waals surface area contributed by atoms with E-state index >= 15 is 0 Å². The molecule has 1 aromatic carbocycles. The number of fused-ring (bicyclic) bond motifs is 1. The van der Waals surface area contributed by atoms with Crippen LogP contribution in [0.5, 0.6) is 5.75 Å². The Morgan fingerprint density at radius 3 is 2.93 bits per heavy atom. The van der Waals surface area contributed by atoms with Crippen LogP contribution in [0.3, 0.4) is 0 Å². The molecule has 0 saturated heterocycles. The highest BCUT2D eigenvalue weighted by Crippen LogP contribution is 2.22. The van der Waals surface area contributed by atoms with Gasteiger partial charge in [0.05, 0.1) is 12.6 Å². The summed E-state index contributed by atoms with van der Waals surface area (Å²) in [6, 6.07) is 7.38. The van der Waals surface area contributed by atoms with Crippen LogP contribution in [0.2, 0.25) is 0 Å². The minimum Gasteiger partial charge on any atom is -0.495 e. The van der Waals surface area contributed by atoms with E-state index in [1.165, 1.54) is 0 Å². The minimum atomic E-state index is -0.158. The maximum Gasteiger partial charge on any atom is 0.253 e. The van der Waals surface area contributed by atoms with Gasteiger partial charge >= 0.3 is 0 Å². The number of benzene rings is 1. The third-order valence-electron chi connectivity index (χ3n) is 2.36. The summed E-state index contributed by atoms with van der Waals surface area (Å²) < 4.78 is 5.15. The summed E-state index contributed by atoms with van der Waals surface area (Å²) in [5.74, 6) is 0.660. The number of H-pyrrole nitrogens is 1. The Hall–Kier alpha value is -1.81. The van der Waals surface area contributed by atoms with E-state index in [0.717, 1.165) is 5.39 Å². The molecule has 1 aromatic heterocycles. The van der Waals surface area contributed by atoms with Gasteiger partial charge in [-0.3, -0.25) is 4.79 Å². The largest absolute Gasteiger partial charge is 0.495 e. The average Bonchev–Trinajstić information content (AvgIpc) is 2.27. The molecule has 15 heavy (non-hydrogen) atoms. The zero-order chi connectivity index (χ0) is 10.8. The number of aromatic nitrogens is 1. The normalized spacial score (nSPS) is 10.5. The fourth-order valence-corrected chi connectivity index (χ4v) is 1.57. The molecular weight excluding hydrogens is 192 g/mol. The van der Waals surface area contributed by atoms with Gasteiger partial charge in [0.25, 0.3) is 5.56 Å². The molecule has 78 valence electrons. The first kappa shape index (κ1) is 9.73. The van der Waals surface area contributed by atoms with Crippen LogP contribution >= 0.6 is 0 Å². The molecule has 0 fully saturated rings. The third kappa shape index (κ3) is 1.59. The molecule has 0 aliphatic heterocycles. The van der Waals surface area contributed by atoms with Crippen molar-refractivity contribution in [2.24, 2.45) is 5.73 Å². The number of nitrogens with two attached hydrogens (primary N) is 1. The predicted molar refractivity (Wildman–Crippen MR) is 59.0 cm³/mol. The quantitative estimate of drug-likeness (QED) is 0.766. The number of nitrogens with one attached hydrogen (secondary N) is 1. The highest BCUT2D eigenvalue weighted by atomic mass is 16.5. The molecule has 0 bridgehead atoms. The van der Waals surface area contributed by atoms with Gasteiger partial charge in [-0.15, -0.1) is 0 Å². The lowest BCUT2D eigenvalue weighted by Crippen LogP contribution is -2.15. The fourth-order valence-electron chi connectivity index (χ4n) is 1.57. The average molecular weight is 204 g/mol. The Bertz CT molecular complexity index is 546. The van der Waals surface area contributed by atoms with Crippen molar-refractivity contribution in [1.82, 2.24) is 4.98 Å². The number of hydrogen-bond donors (Lipinski definition) is 2. The van der Waals surface area contributed by atoms with Gasteiger partial charge in [0.15, 0.2) is 0 Å². The Morgan fingerprint density at radius 2 is 2.27 bits per heavy atom. The summed E-state index contributed by atoms with van der Waals surface area (Å²) in [6.45, 7) is 0.239. The third-order valence-corrected chi connectivity index (χ3v) is 2.36. The number of aromatic amines is 1. The highest BCUT2D eigenvalue weighted by molar-refractivity contribution is 5.84. The van der Waals surface area contributed by atoms with Crippen molar-refractivity contribution in [3.63, 3.8) is 0 Å². The van der Waals surface area contributed by atoms with Crippen molar-refractivity contribution < 1.29 is 4.74 Å². The molecule has 3 N–H and O–H groups in total. The van der Waals surface area contributed by atoms with E-state index in [-0.39, 0.29) is 12.1 Å². The second-order valence-corrected chi connectivity index (χ2v) is 3.25. The van der Waals surface area contributed by atoms with Crippen molar-refractivity contribution in [3.05, 3.63) is 40.2 Å². The highest BCUT2D eigenvalue weighted by Gasteiger charge is 2.04. The Morgan fingerprint density at radius 1 is 1.47 bits per heavy atom. The molecule has 0 spiro atoms. The van der Waals surface area contributed by atoms with Crippen molar-refractivity contribution in [3.8, 4) is 5.75 Å². The summed E-state index contributed by atoms with van der Waals surface area (Å²) >= 11 is 0. The van der Waals surface area contributed by atoms with E-state index in [9.17, 15) is 4.79 Å². The van der Waals surface area contributed by atoms with E-state index in [0.29, 0.717) is 16.8 Å². The summed E-state index contributed by atoms with van der Waals surface area (Å²) in [5.41, 5.74) is 6.59. The predicted octanol–water partition coefficient (Wildman–Crippen LogP) is 0.995. The smallest absolute Gasteiger partial charge is 0.253 e. The zero-order valence-corrected chi connectivity index (χ0v) is 8.41. The Kier molecular flexibility index (Phi) is 2.43. The molecule has 4 heteroatoms. The second kappa shape index (κ2) is 3.74. The van der Waals surface area contributed by atoms with Gasteiger partial charge in [0, 0.05) is 17.5 Å². The molecule has 0 aliphatic rings. The molecule has 1 heterocycles. The van der Waals surface area contributed by atoms with Gasteiger partial charge in [0.2, 0.25) is 0 Å². The minimum absolute atomic E-state index is 0.158. The number of para-hydroxylation sites is 1. The topological polar surface area (TPSA) is 68.1 Å². The zero-order valence-electron chi connectivity index (χ0n) is 8.41. The summed E-state index contributed by atoms with van der Waals surface area (Å²) in [7, 11) is 1.57. The van der Waals surface area contributed by atoms with E-state index < -0.39 is 0 Å². The molecule has 0 amide bonds.